The lowest BCUT2D eigenvalue weighted by Gasteiger charge is -2.18. The highest BCUT2D eigenvalue weighted by molar-refractivity contribution is 5.41. The molecule has 0 spiro atoms. The predicted octanol–water partition coefficient (Wildman–Crippen LogP) is 3.00. The molecule has 1 aromatic rings. The van der Waals surface area contributed by atoms with Crippen LogP contribution in [0.2, 0.25) is 0 Å². The van der Waals surface area contributed by atoms with Crippen molar-refractivity contribution in [3.63, 3.8) is 0 Å². The first kappa shape index (κ1) is 16.8. The summed E-state index contributed by atoms with van der Waals surface area (Å²) in [6.07, 6.45) is 1.99. The zero-order chi connectivity index (χ0) is 14.8. The van der Waals surface area contributed by atoms with Gasteiger partial charge in [0.05, 0.1) is 12.7 Å². The van der Waals surface area contributed by atoms with Crippen molar-refractivity contribution in [2.24, 2.45) is 0 Å². The first-order valence-corrected chi connectivity index (χ1v) is 7.27. The van der Waals surface area contributed by atoms with Gasteiger partial charge in [-0.3, -0.25) is 0 Å². The summed E-state index contributed by atoms with van der Waals surface area (Å²) in [6, 6.07) is 6.03. The quantitative estimate of drug-likeness (QED) is 0.715. The van der Waals surface area contributed by atoms with E-state index in [1.165, 1.54) is 0 Å². The molecule has 0 fully saturated rings. The van der Waals surface area contributed by atoms with E-state index < -0.39 is 0 Å². The Morgan fingerprint density at radius 3 is 2.70 bits per heavy atom. The van der Waals surface area contributed by atoms with E-state index in [1.54, 1.807) is 7.11 Å². The molecule has 0 saturated heterocycles. The topological polar surface area (TPSA) is 39.7 Å². The fourth-order valence-corrected chi connectivity index (χ4v) is 1.85. The van der Waals surface area contributed by atoms with Gasteiger partial charge >= 0.3 is 0 Å². The number of nitrogens with one attached hydrogen (secondary N) is 1. The van der Waals surface area contributed by atoms with Crippen LogP contribution in [0.1, 0.15) is 32.3 Å². The third kappa shape index (κ3) is 5.80. The predicted molar refractivity (Wildman–Crippen MR) is 81.6 cm³/mol. The second-order valence-electron chi connectivity index (χ2n) is 4.86. The first-order valence-electron chi connectivity index (χ1n) is 7.27. The van der Waals surface area contributed by atoms with Crippen LogP contribution in [-0.2, 0) is 11.3 Å². The van der Waals surface area contributed by atoms with Crippen molar-refractivity contribution in [3.8, 4) is 11.5 Å². The molecule has 0 aliphatic heterocycles. The summed E-state index contributed by atoms with van der Waals surface area (Å²) in [5.74, 6) is 1.75. The molecule has 1 N–H and O–H groups in total. The van der Waals surface area contributed by atoms with Gasteiger partial charge in [-0.05, 0) is 26.5 Å². The summed E-state index contributed by atoms with van der Waals surface area (Å²) in [6.45, 7) is 6.36. The van der Waals surface area contributed by atoms with E-state index in [0.717, 1.165) is 43.1 Å². The molecule has 0 radical (unpaired) electrons. The summed E-state index contributed by atoms with van der Waals surface area (Å²) >= 11 is 0. The van der Waals surface area contributed by atoms with Crippen LogP contribution in [0.15, 0.2) is 18.2 Å². The van der Waals surface area contributed by atoms with E-state index in [1.807, 2.05) is 19.2 Å². The zero-order valence-corrected chi connectivity index (χ0v) is 13.1. The van der Waals surface area contributed by atoms with Crippen molar-refractivity contribution < 1.29 is 14.2 Å². The normalized spacial score (nSPS) is 12.2. The van der Waals surface area contributed by atoms with Crippen LogP contribution < -0.4 is 14.8 Å². The van der Waals surface area contributed by atoms with Gasteiger partial charge in [-0.15, -0.1) is 0 Å². The fourth-order valence-electron chi connectivity index (χ4n) is 1.85. The van der Waals surface area contributed by atoms with E-state index >= 15 is 0 Å². The molecular weight excluding hydrogens is 254 g/mol. The minimum Gasteiger partial charge on any atom is -0.493 e. The maximum Gasteiger partial charge on any atom is 0.127 e. The van der Waals surface area contributed by atoms with Gasteiger partial charge in [-0.1, -0.05) is 13.0 Å². The molecule has 0 heterocycles. The molecule has 1 aromatic carbocycles. The van der Waals surface area contributed by atoms with Crippen LogP contribution in [-0.4, -0.2) is 33.5 Å². The highest BCUT2D eigenvalue weighted by atomic mass is 16.5. The minimum absolute atomic E-state index is 0.118. The number of methoxy groups -OCH3 is 1. The summed E-state index contributed by atoms with van der Waals surface area (Å²) in [5.41, 5.74) is 1.14. The Morgan fingerprint density at radius 2 is 2.05 bits per heavy atom. The van der Waals surface area contributed by atoms with Crippen molar-refractivity contribution in [2.45, 2.75) is 39.3 Å². The molecule has 4 heteroatoms. The number of hydrogen-bond donors (Lipinski definition) is 1. The molecular formula is C16H27NO3. The Hall–Kier alpha value is -1.26. The summed E-state index contributed by atoms with van der Waals surface area (Å²) < 4.78 is 16.8. The number of rotatable bonds is 10. The van der Waals surface area contributed by atoms with Gasteiger partial charge in [0.25, 0.3) is 0 Å². The summed E-state index contributed by atoms with van der Waals surface area (Å²) in [5, 5.41) is 3.16. The van der Waals surface area contributed by atoms with Crippen LogP contribution in [0.5, 0.6) is 11.5 Å². The monoisotopic (exact) mass is 281 g/mol. The number of benzene rings is 1. The van der Waals surface area contributed by atoms with E-state index in [2.05, 4.69) is 25.2 Å². The molecule has 0 saturated carbocycles. The van der Waals surface area contributed by atoms with E-state index in [0.29, 0.717) is 6.61 Å². The Balaban J connectivity index is 2.76. The lowest BCUT2D eigenvalue weighted by molar-refractivity contribution is 0.134. The van der Waals surface area contributed by atoms with E-state index in [9.17, 15) is 0 Å². The van der Waals surface area contributed by atoms with E-state index in [-0.39, 0.29) is 6.10 Å². The van der Waals surface area contributed by atoms with Crippen LogP contribution >= 0.6 is 0 Å². The van der Waals surface area contributed by atoms with Gasteiger partial charge in [0.2, 0.25) is 0 Å². The van der Waals surface area contributed by atoms with Crippen LogP contribution in [0.25, 0.3) is 0 Å². The lowest BCUT2D eigenvalue weighted by Crippen LogP contribution is -2.16. The van der Waals surface area contributed by atoms with Crippen molar-refractivity contribution in [2.75, 3.05) is 27.4 Å². The van der Waals surface area contributed by atoms with Gasteiger partial charge in [-0.25, -0.2) is 0 Å². The third-order valence-electron chi connectivity index (χ3n) is 2.94. The highest BCUT2D eigenvalue weighted by Crippen LogP contribution is 2.26. The van der Waals surface area contributed by atoms with Gasteiger partial charge in [-0.2, -0.15) is 0 Å². The molecule has 1 unspecified atom stereocenters. The Labute approximate surface area is 122 Å². The third-order valence-corrected chi connectivity index (χ3v) is 2.94. The molecule has 0 bridgehead atoms. The summed E-state index contributed by atoms with van der Waals surface area (Å²) in [4.78, 5) is 0. The average molecular weight is 281 g/mol. The van der Waals surface area contributed by atoms with Gasteiger partial charge in [0, 0.05) is 38.3 Å². The standard InChI is InChI=1S/C16H27NO3/c1-5-9-19-15-7-6-14(12-17-3)16(11-15)20-13(2)8-10-18-4/h6-7,11,13,17H,5,8-10,12H2,1-4H3. The maximum absolute atomic E-state index is 6.02. The zero-order valence-electron chi connectivity index (χ0n) is 13.1. The molecule has 0 aliphatic carbocycles. The lowest BCUT2D eigenvalue weighted by atomic mass is 10.2. The SMILES string of the molecule is CCCOc1ccc(CNC)c(OC(C)CCOC)c1. The summed E-state index contributed by atoms with van der Waals surface area (Å²) in [7, 11) is 3.64. The van der Waals surface area contributed by atoms with Gasteiger partial charge in [0.1, 0.15) is 11.5 Å². The second-order valence-corrected chi connectivity index (χ2v) is 4.86. The minimum atomic E-state index is 0.118. The largest absolute Gasteiger partial charge is 0.493 e. The number of hydrogen-bond acceptors (Lipinski definition) is 4. The van der Waals surface area contributed by atoms with Crippen LogP contribution in [0.3, 0.4) is 0 Å². The van der Waals surface area contributed by atoms with Gasteiger partial charge < -0.3 is 19.5 Å². The Bertz CT molecular complexity index is 382. The molecule has 20 heavy (non-hydrogen) atoms. The first-order chi connectivity index (χ1) is 9.71. The van der Waals surface area contributed by atoms with Crippen LogP contribution in [0.4, 0.5) is 0 Å². The average Bonchev–Trinajstić information content (AvgIpc) is 2.45. The molecule has 4 nitrogen and oxygen atoms in total. The molecule has 114 valence electrons. The Kier molecular flexibility index (Phi) is 8.07. The number of ether oxygens (including phenoxy) is 3. The molecule has 0 amide bonds. The fraction of sp³-hybridized carbons (Fsp3) is 0.625. The molecule has 1 rings (SSSR count). The second kappa shape index (κ2) is 9.61. The maximum atomic E-state index is 6.02. The molecule has 0 aliphatic rings. The molecule has 1 atom stereocenters. The van der Waals surface area contributed by atoms with Gasteiger partial charge in [0.15, 0.2) is 0 Å². The van der Waals surface area contributed by atoms with E-state index in [4.69, 9.17) is 14.2 Å². The van der Waals surface area contributed by atoms with Crippen molar-refractivity contribution in [3.05, 3.63) is 23.8 Å². The highest BCUT2D eigenvalue weighted by Gasteiger charge is 2.10. The van der Waals surface area contributed by atoms with Crippen molar-refractivity contribution >= 4 is 0 Å². The Morgan fingerprint density at radius 1 is 1.25 bits per heavy atom. The van der Waals surface area contributed by atoms with Crippen molar-refractivity contribution in [1.82, 2.24) is 5.32 Å². The smallest absolute Gasteiger partial charge is 0.127 e. The van der Waals surface area contributed by atoms with Crippen LogP contribution in [0, 0.1) is 0 Å². The van der Waals surface area contributed by atoms with Crippen molar-refractivity contribution in [1.29, 1.82) is 0 Å². The molecule has 0 aromatic heterocycles.